The molecule has 0 unspecified atom stereocenters. The van der Waals surface area contributed by atoms with Gasteiger partial charge < -0.3 is 4.90 Å². The lowest BCUT2D eigenvalue weighted by Gasteiger charge is -2.45. The number of thioether (sulfide) groups is 1. The molecule has 0 aliphatic carbocycles. The second-order valence-electron chi connectivity index (χ2n) is 6.61. The van der Waals surface area contributed by atoms with Crippen molar-refractivity contribution >= 4 is 17.7 Å². The summed E-state index contributed by atoms with van der Waals surface area (Å²) in [7, 11) is 0. The first kappa shape index (κ1) is 15.2. The summed E-state index contributed by atoms with van der Waals surface area (Å²) in [5.41, 5.74) is 0. The second kappa shape index (κ2) is 6.04. The standard InChI is InChI=1S/C15H28N2OS/c1-12(2)11-17-9-10-19-15(17)5-7-16(8-6-15)14(18)13(3)4/h12-13H,5-11H2,1-4H3. The summed E-state index contributed by atoms with van der Waals surface area (Å²) in [6, 6.07) is 0. The number of carbonyl (C=O) groups is 1. The largest absolute Gasteiger partial charge is 0.342 e. The molecule has 2 fully saturated rings. The van der Waals surface area contributed by atoms with E-state index in [2.05, 4.69) is 35.4 Å². The Hall–Kier alpha value is -0.220. The van der Waals surface area contributed by atoms with E-state index in [1.807, 2.05) is 13.8 Å². The lowest BCUT2D eigenvalue weighted by molar-refractivity contribution is -0.136. The van der Waals surface area contributed by atoms with Crippen LogP contribution in [0.2, 0.25) is 0 Å². The molecule has 1 amide bonds. The molecule has 110 valence electrons. The summed E-state index contributed by atoms with van der Waals surface area (Å²) in [5.74, 6) is 2.45. The van der Waals surface area contributed by atoms with Crippen LogP contribution < -0.4 is 0 Å². The zero-order valence-corrected chi connectivity index (χ0v) is 13.6. The highest BCUT2D eigenvalue weighted by Crippen LogP contribution is 2.44. The molecule has 0 aromatic carbocycles. The maximum atomic E-state index is 12.1. The fraction of sp³-hybridized carbons (Fsp3) is 0.933. The Labute approximate surface area is 122 Å². The van der Waals surface area contributed by atoms with Crippen LogP contribution >= 0.6 is 11.8 Å². The number of rotatable bonds is 3. The number of amides is 1. The molecule has 2 heterocycles. The Bertz CT molecular complexity index is 322. The molecule has 0 N–H and O–H groups in total. The van der Waals surface area contributed by atoms with E-state index in [-0.39, 0.29) is 5.92 Å². The molecular formula is C15H28N2OS. The van der Waals surface area contributed by atoms with E-state index in [0.29, 0.717) is 10.8 Å². The highest BCUT2D eigenvalue weighted by Gasteiger charge is 2.44. The molecule has 0 radical (unpaired) electrons. The molecule has 1 spiro atoms. The summed E-state index contributed by atoms with van der Waals surface area (Å²) in [6.45, 7) is 12.9. The topological polar surface area (TPSA) is 23.6 Å². The van der Waals surface area contributed by atoms with E-state index in [1.54, 1.807) is 0 Å². The van der Waals surface area contributed by atoms with Gasteiger partial charge in [0.15, 0.2) is 0 Å². The molecule has 0 aromatic rings. The molecule has 3 nitrogen and oxygen atoms in total. The molecule has 19 heavy (non-hydrogen) atoms. The zero-order valence-electron chi connectivity index (χ0n) is 12.8. The van der Waals surface area contributed by atoms with E-state index in [4.69, 9.17) is 0 Å². The average Bonchev–Trinajstić information content (AvgIpc) is 2.71. The number of nitrogens with zero attached hydrogens (tertiary/aromatic N) is 2. The van der Waals surface area contributed by atoms with Gasteiger partial charge in [0.05, 0.1) is 4.87 Å². The Morgan fingerprint density at radius 3 is 2.32 bits per heavy atom. The highest BCUT2D eigenvalue weighted by molar-refractivity contribution is 8.00. The van der Waals surface area contributed by atoms with Gasteiger partial charge in [0.1, 0.15) is 0 Å². The predicted octanol–water partition coefficient (Wildman–Crippen LogP) is 2.67. The van der Waals surface area contributed by atoms with Gasteiger partial charge in [-0.2, -0.15) is 0 Å². The average molecular weight is 284 g/mol. The van der Waals surface area contributed by atoms with Crippen LogP contribution in [0.5, 0.6) is 0 Å². The van der Waals surface area contributed by atoms with Crippen molar-refractivity contribution in [3.8, 4) is 0 Å². The molecule has 2 rings (SSSR count). The van der Waals surface area contributed by atoms with Gasteiger partial charge in [-0.3, -0.25) is 9.69 Å². The van der Waals surface area contributed by atoms with E-state index in [0.717, 1.165) is 31.8 Å². The third kappa shape index (κ3) is 3.27. The third-order valence-corrected chi connectivity index (χ3v) is 5.83. The monoisotopic (exact) mass is 284 g/mol. The molecule has 4 heteroatoms. The summed E-state index contributed by atoms with van der Waals surface area (Å²) in [4.78, 5) is 17.1. The van der Waals surface area contributed by atoms with Gasteiger partial charge in [-0.1, -0.05) is 27.7 Å². The highest BCUT2D eigenvalue weighted by atomic mass is 32.2. The summed E-state index contributed by atoms with van der Waals surface area (Å²) < 4.78 is 0. The van der Waals surface area contributed by atoms with Gasteiger partial charge >= 0.3 is 0 Å². The zero-order chi connectivity index (χ0) is 14.0. The number of hydrogen-bond acceptors (Lipinski definition) is 3. The minimum atomic E-state index is 0.136. The maximum Gasteiger partial charge on any atom is 0.225 e. The molecule has 2 aliphatic heterocycles. The van der Waals surface area contributed by atoms with Crippen LogP contribution in [0.25, 0.3) is 0 Å². The first-order valence-corrected chi connectivity index (χ1v) is 8.61. The van der Waals surface area contributed by atoms with Crippen molar-refractivity contribution in [2.75, 3.05) is 31.9 Å². The quantitative estimate of drug-likeness (QED) is 0.796. The van der Waals surface area contributed by atoms with Crippen molar-refractivity contribution in [1.29, 1.82) is 0 Å². The van der Waals surface area contributed by atoms with Crippen LogP contribution in [-0.4, -0.2) is 52.5 Å². The van der Waals surface area contributed by atoms with Crippen LogP contribution in [0, 0.1) is 11.8 Å². The number of likely N-dealkylation sites (tertiary alicyclic amines) is 1. The van der Waals surface area contributed by atoms with Gasteiger partial charge in [0, 0.05) is 37.8 Å². The molecular weight excluding hydrogens is 256 g/mol. The minimum Gasteiger partial charge on any atom is -0.342 e. The van der Waals surface area contributed by atoms with Crippen molar-refractivity contribution in [3.05, 3.63) is 0 Å². The van der Waals surface area contributed by atoms with Gasteiger partial charge in [-0.05, 0) is 18.8 Å². The van der Waals surface area contributed by atoms with Crippen molar-refractivity contribution in [2.45, 2.75) is 45.4 Å². The van der Waals surface area contributed by atoms with Crippen molar-refractivity contribution in [3.63, 3.8) is 0 Å². The minimum absolute atomic E-state index is 0.136. The lowest BCUT2D eigenvalue weighted by Crippen LogP contribution is -2.53. The Kier molecular flexibility index (Phi) is 4.83. The second-order valence-corrected chi connectivity index (χ2v) is 8.07. The summed E-state index contributed by atoms with van der Waals surface area (Å²) >= 11 is 2.13. The maximum absolute atomic E-state index is 12.1. The fourth-order valence-electron chi connectivity index (χ4n) is 3.24. The molecule has 0 aromatic heterocycles. The van der Waals surface area contributed by atoms with Gasteiger partial charge in [-0.15, -0.1) is 11.8 Å². The molecule has 0 atom stereocenters. The Morgan fingerprint density at radius 1 is 1.16 bits per heavy atom. The van der Waals surface area contributed by atoms with E-state index in [1.165, 1.54) is 18.8 Å². The van der Waals surface area contributed by atoms with E-state index < -0.39 is 0 Å². The van der Waals surface area contributed by atoms with Crippen LogP contribution in [0.1, 0.15) is 40.5 Å². The van der Waals surface area contributed by atoms with Crippen LogP contribution in [0.4, 0.5) is 0 Å². The first-order chi connectivity index (χ1) is 8.94. The van der Waals surface area contributed by atoms with Gasteiger partial charge in [0.2, 0.25) is 5.91 Å². The number of carbonyl (C=O) groups excluding carboxylic acids is 1. The Balaban J connectivity index is 1.95. The first-order valence-electron chi connectivity index (χ1n) is 7.62. The van der Waals surface area contributed by atoms with E-state index in [9.17, 15) is 4.79 Å². The number of piperidine rings is 1. The van der Waals surface area contributed by atoms with Crippen LogP contribution in [-0.2, 0) is 4.79 Å². The van der Waals surface area contributed by atoms with Crippen molar-refractivity contribution in [2.24, 2.45) is 11.8 Å². The molecule has 2 aliphatic rings. The van der Waals surface area contributed by atoms with Crippen LogP contribution in [0.3, 0.4) is 0 Å². The smallest absolute Gasteiger partial charge is 0.225 e. The molecule has 2 saturated heterocycles. The summed E-state index contributed by atoms with van der Waals surface area (Å²) in [6.07, 6.45) is 2.28. The van der Waals surface area contributed by atoms with E-state index >= 15 is 0 Å². The van der Waals surface area contributed by atoms with Crippen molar-refractivity contribution < 1.29 is 4.79 Å². The van der Waals surface area contributed by atoms with Gasteiger partial charge in [0.25, 0.3) is 0 Å². The summed E-state index contributed by atoms with van der Waals surface area (Å²) in [5, 5.41) is 0. The van der Waals surface area contributed by atoms with Gasteiger partial charge in [-0.25, -0.2) is 0 Å². The molecule has 0 saturated carbocycles. The SMILES string of the molecule is CC(C)CN1CCSC12CCN(C(=O)C(C)C)CC2. The third-order valence-electron chi connectivity index (χ3n) is 4.24. The lowest BCUT2D eigenvalue weighted by atomic mass is 9.99. The predicted molar refractivity (Wildman–Crippen MR) is 82.3 cm³/mol. The number of hydrogen-bond donors (Lipinski definition) is 0. The normalized spacial score (nSPS) is 23.8. The van der Waals surface area contributed by atoms with Crippen molar-refractivity contribution in [1.82, 2.24) is 9.80 Å². The Morgan fingerprint density at radius 2 is 1.79 bits per heavy atom. The fourth-order valence-corrected chi connectivity index (χ4v) is 4.75. The van der Waals surface area contributed by atoms with Crippen LogP contribution in [0.15, 0.2) is 0 Å². The molecule has 0 bridgehead atoms.